The molecule has 3 rings (SSSR count). The number of thioether (sulfide) groups is 1. The lowest BCUT2D eigenvalue weighted by atomic mass is 10.2. The molecule has 0 atom stereocenters. The molecule has 3 amide bonds. The van der Waals surface area contributed by atoms with Crippen LogP contribution in [0.4, 0.5) is 4.79 Å². The smallest absolute Gasteiger partial charge is 0.321 e. The second kappa shape index (κ2) is 9.20. The molecule has 27 heavy (non-hydrogen) atoms. The van der Waals surface area contributed by atoms with Crippen LogP contribution in [0.25, 0.3) is 11.4 Å². The highest BCUT2D eigenvalue weighted by molar-refractivity contribution is 7.99. The van der Waals surface area contributed by atoms with Crippen LogP contribution in [0.1, 0.15) is 12.8 Å². The van der Waals surface area contributed by atoms with Crippen molar-refractivity contribution in [3.05, 3.63) is 29.3 Å². The Labute approximate surface area is 166 Å². The number of amides is 3. The maximum Gasteiger partial charge on any atom is 0.321 e. The van der Waals surface area contributed by atoms with Crippen LogP contribution >= 0.6 is 23.4 Å². The van der Waals surface area contributed by atoms with Crippen molar-refractivity contribution < 1.29 is 14.3 Å². The molecule has 1 aliphatic rings. The molecule has 0 radical (unpaired) electrons. The van der Waals surface area contributed by atoms with Gasteiger partial charge in [-0.1, -0.05) is 23.4 Å². The number of benzene rings is 1. The van der Waals surface area contributed by atoms with Crippen LogP contribution < -0.4 is 10.6 Å². The molecule has 0 saturated heterocycles. The first kappa shape index (κ1) is 19.7. The van der Waals surface area contributed by atoms with Crippen molar-refractivity contribution in [1.82, 2.24) is 25.4 Å². The zero-order chi connectivity index (χ0) is 19.2. The lowest BCUT2D eigenvalue weighted by molar-refractivity contribution is -0.117. The molecule has 1 heterocycles. The summed E-state index contributed by atoms with van der Waals surface area (Å²) in [6, 6.07) is 7.03. The summed E-state index contributed by atoms with van der Waals surface area (Å²) in [6.45, 7) is 1.01. The van der Waals surface area contributed by atoms with Crippen LogP contribution in [0.15, 0.2) is 29.4 Å². The van der Waals surface area contributed by atoms with Gasteiger partial charge in [0, 0.05) is 23.7 Å². The van der Waals surface area contributed by atoms with Gasteiger partial charge in [0.05, 0.1) is 18.9 Å². The van der Waals surface area contributed by atoms with Gasteiger partial charge in [-0.3, -0.25) is 14.7 Å². The Hall–Kier alpha value is -2.10. The number of ether oxygens (including phenoxy) is 1. The van der Waals surface area contributed by atoms with Crippen molar-refractivity contribution >= 4 is 35.3 Å². The maximum atomic E-state index is 12.0. The van der Waals surface area contributed by atoms with Crippen LogP contribution in [0.5, 0.6) is 0 Å². The Morgan fingerprint density at radius 1 is 1.30 bits per heavy atom. The second-order valence-electron chi connectivity index (χ2n) is 6.04. The van der Waals surface area contributed by atoms with E-state index in [-0.39, 0.29) is 17.7 Å². The first-order chi connectivity index (χ1) is 13.1. The number of hydrogen-bond donors (Lipinski definition) is 2. The summed E-state index contributed by atoms with van der Waals surface area (Å²) in [5.74, 6) is 0.342. The van der Waals surface area contributed by atoms with Gasteiger partial charge in [0.1, 0.15) is 0 Å². The highest BCUT2D eigenvalue weighted by atomic mass is 35.5. The minimum atomic E-state index is -0.453. The molecule has 1 saturated carbocycles. The summed E-state index contributed by atoms with van der Waals surface area (Å²) in [5.41, 5.74) is 0.864. The Kier molecular flexibility index (Phi) is 6.70. The Morgan fingerprint density at radius 2 is 2.04 bits per heavy atom. The van der Waals surface area contributed by atoms with E-state index in [2.05, 4.69) is 20.8 Å². The third-order valence-electron chi connectivity index (χ3n) is 3.84. The second-order valence-corrected chi connectivity index (χ2v) is 7.42. The quantitative estimate of drug-likeness (QED) is 0.649. The highest BCUT2D eigenvalue weighted by Gasteiger charge is 2.24. The molecule has 144 valence electrons. The van der Waals surface area contributed by atoms with E-state index in [1.54, 1.807) is 19.2 Å². The van der Waals surface area contributed by atoms with Crippen LogP contribution in [0.2, 0.25) is 5.02 Å². The Morgan fingerprint density at radius 3 is 2.70 bits per heavy atom. The molecule has 0 spiro atoms. The topological polar surface area (TPSA) is 98.1 Å². The van der Waals surface area contributed by atoms with Gasteiger partial charge in [0.2, 0.25) is 5.91 Å². The lowest BCUT2D eigenvalue weighted by Crippen LogP contribution is -2.41. The number of carbonyl (C=O) groups is 2. The monoisotopic (exact) mass is 409 g/mol. The third-order valence-corrected chi connectivity index (χ3v) is 5.05. The predicted octanol–water partition coefficient (Wildman–Crippen LogP) is 2.33. The average Bonchev–Trinajstić information content (AvgIpc) is 3.36. The molecule has 10 heteroatoms. The first-order valence-corrected chi connectivity index (χ1v) is 9.84. The summed E-state index contributed by atoms with van der Waals surface area (Å²) < 4.78 is 7.05. The molecule has 1 aromatic carbocycles. The van der Waals surface area contributed by atoms with Crippen molar-refractivity contribution in [3.8, 4) is 11.4 Å². The van der Waals surface area contributed by atoms with Gasteiger partial charge in [-0.05, 0) is 37.1 Å². The van der Waals surface area contributed by atoms with Crippen LogP contribution in [0.3, 0.4) is 0 Å². The van der Waals surface area contributed by atoms with E-state index in [0.29, 0.717) is 29.2 Å². The van der Waals surface area contributed by atoms with E-state index in [9.17, 15) is 9.59 Å². The van der Waals surface area contributed by atoms with Crippen LogP contribution in [-0.2, 0) is 16.1 Å². The molecule has 0 bridgehead atoms. The van der Waals surface area contributed by atoms with Crippen LogP contribution in [0, 0.1) is 0 Å². The van der Waals surface area contributed by atoms with E-state index in [0.717, 1.165) is 18.4 Å². The predicted molar refractivity (Wildman–Crippen MR) is 103 cm³/mol. The Balaban J connectivity index is 1.65. The van der Waals surface area contributed by atoms with Crippen LogP contribution in [-0.4, -0.2) is 52.2 Å². The molecule has 0 unspecified atom stereocenters. The molecular formula is C17H20ClN5O3S. The van der Waals surface area contributed by atoms with Gasteiger partial charge in [-0.2, -0.15) is 0 Å². The number of methoxy groups -OCH3 is 1. The lowest BCUT2D eigenvalue weighted by Gasteiger charge is -2.10. The van der Waals surface area contributed by atoms with E-state index >= 15 is 0 Å². The van der Waals surface area contributed by atoms with Gasteiger partial charge in [0.25, 0.3) is 0 Å². The van der Waals surface area contributed by atoms with Crippen molar-refractivity contribution in [2.24, 2.45) is 0 Å². The molecular weight excluding hydrogens is 390 g/mol. The summed E-state index contributed by atoms with van der Waals surface area (Å²) in [6.07, 6.45) is 1.93. The van der Waals surface area contributed by atoms with Gasteiger partial charge in [-0.25, -0.2) is 4.79 Å². The fourth-order valence-corrected chi connectivity index (χ4v) is 3.22. The molecule has 2 N–H and O–H groups in total. The highest BCUT2D eigenvalue weighted by Crippen LogP contribution is 2.25. The number of imide groups is 1. The van der Waals surface area contributed by atoms with E-state index in [4.69, 9.17) is 16.3 Å². The SMILES string of the molecule is COCCn1c(SCC(=O)NC(=O)NC2CC2)nnc1-c1ccc(Cl)cc1. The molecule has 8 nitrogen and oxygen atoms in total. The average molecular weight is 410 g/mol. The van der Waals surface area contributed by atoms with E-state index in [1.807, 2.05) is 16.7 Å². The number of halogens is 1. The van der Waals surface area contributed by atoms with E-state index in [1.165, 1.54) is 11.8 Å². The third kappa shape index (κ3) is 5.69. The summed E-state index contributed by atoms with van der Waals surface area (Å²) in [5, 5.41) is 14.7. The van der Waals surface area contributed by atoms with E-state index < -0.39 is 6.03 Å². The number of hydrogen-bond acceptors (Lipinski definition) is 6. The Bertz CT molecular complexity index is 807. The minimum Gasteiger partial charge on any atom is -0.383 e. The molecule has 1 aliphatic carbocycles. The largest absolute Gasteiger partial charge is 0.383 e. The minimum absolute atomic E-state index is 0.0593. The van der Waals surface area contributed by atoms with Crippen molar-refractivity contribution in [2.45, 2.75) is 30.6 Å². The van der Waals surface area contributed by atoms with Gasteiger partial charge in [0.15, 0.2) is 11.0 Å². The normalized spacial score (nSPS) is 13.4. The summed E-state index contributed by atoms with van der Waals surface area (Å²) >= 11 is 7.16. The number of nitrogens with one attached hydrogen (secondary N) is 2. The number of urea groups is 1. The molecule has 0 aliphatic heterocycles. The number of carbonyl (C=O) groups excluding carboxylic acids is 2. The summed E-state index contributed by atoms with van der Waals surface area (Å²) in [4.78, 5) is 23.6. The number of aromatic nitrogens is 3. The van der Waals surface area contributed by atoms with Gasteiger partial charge < -0.3 is 10.1 Å². The fourth-order valence-electron chi connectivity index (χ4n) is 2.33. The van der Waals surface area contributed by atoms with Crippen molar-refractivity contribution in [3.63, 3.8) is 0 Å². The van der Waals surface area contributed by atoms with Gasteiger partial charge >= 0.3 is 6.03 Å². The first-order valence-electron chi connectivity index (χ1n) is 8.48. The zero-order valence-electron chi connectivity index (χ0n) is 14.8. The maximum absolute atomic E-state index is 12.0. The molecule has 1 aromatic heterocycles. The molecule has 2 aromatic rings. The fraction of sp³-hybridized carbons (Fsp3) is 0.412. The summed E-state index contributed by atoms with van der Waals surface area (Å²) in [7, 11) is 1.62. The van der Waals surface area contributed by atoms with Crippen molar-refractivity contribution in [1.29, 1.82) is 0 Å². The molecule has 1 fully saturated rings. The zero-order valence-corrected chi connectivity index (χ0v) is 16.3. The number of nitrogens with zero attached hydrogens (tertiary/aromatic N) is 3. The number of rotatable bonds is 8. The standard InChI is InChI=1S/C17H20ClN5O3S/c1-26-9-8-23-15(11-2-4-12(18)5-3-11)21-22-17(23)27-10-14(24)20-16(25)19-13-6-7-13/h2-5,13H,6-10H2,1H3,(H2,19,20,24,25). The van der Waals surface area contributed by atoms with Crippen molar-refractivity contribution in [2.75, 3.05) is 19.5 Å². The van der Waals surface area contributed by atoms with Gasteiger partial charge in [-0.15, -0.1) is 10.2 Å².